The lowest BCUT2D eigenvalue weighted by Gasteiger charge is -2.01. The van der Waals surface area contributed by atoms with Crippen LogP contribution in [0.25, 0.3) is 17.3 Å². The average Bonchev–Trinajstić information content (AvgIpc) is 3.03. The summed E-state index contributed by atoms with van der Waals surface area (Å²) in [7, 11) is 0. The third-order valence-corrected chi connectivity index (χ3v) is 3.57. The van der Waals surface area contributed by atoms with E-state index in [4.69, 9.17) is 10.5 Å². The van der Waals surface area contributed by atoms with Crippen LogP contribution in [0, 0.1) is 22.7 Å². The highest BCUT2D eigenvalue weighted by molar-refractivity contribution is 5.75. The van der Waals surface area contributed by atoms with Crippen LogP contribution < -0.4 is 0 Å². The SMILES string of the molecule is N#CC(C#N)=Cc1cn(Cc2ccccc2)nc1-c1ccccc1. The number of nitrogens with zero attached hydrogens (tertiary/aromatic N) is 4. The van der Waals surface area contributed by atoms with E-state index in [0.717, 1.165) is 22.4 Å². The summed E-state index contributed by atoms with van der Waals surface area (Å²) in [4.78, 5) is 0. The highest BCUT2D eigenvalue weighted by Gasteiger charge is 2.11. The van der Waals surface area contributed by atoms with Crippen LogP contribution in [0.4, 0.5) is 0 Å². The van der Waals surface area contributed by atoms with Crippen molar-refractivity contribution in [2.45, 2.75) is 6.54 Å². The van der Waals surface area contributed by atoms with Crippen molar-refractivity contribution in [1.29, 1.82) is 10.5 Å². The lowest BCUT2D eigenvalue weighted by atomic mass is 10.1. The summed E-state index contributed by atoms with van der Waals surface area (Å²) < 4.78 is 1.83. The van der Waals surface area contributed by atoms with Crippen molar-refractivity contribution in [2.24, 2.45) is 0 Å². The molecule has 3 rings (SSSR count). The number of nitriles is 2. The van der Waals surface area contributed by atoms with Crippen LogP contribution in [-0.2, 0) is 6.54 Å². The predicted molar refractivity (Wildman–Crippen MR) is 92.4 cm³/mol. The molecule has 0 amide bonds. The van der Waals surface area contributed by atoms with E-state index in [1.54, 1.807) is 6.08 Å². The number of hydrogen-bond acceptors (Lipinski definition) is 3. The minimum atomic E-state index is 0.0615. The zero-order valence-electron chi connectivity index (χ0n) is 12.9. The molecule has 0 saturated carbocycles. The molecule has 1 aromatic heterocycles. The minimum Gasteiger partial charge on any atom is -0.267 e. The van der Waals surface area contributed by atoms with Crippen molar-refractivity contribution < 1.29 is 0 Å². The Morgan fingerprint density at radius 2 is 1.58 bits per heavy atom. The van der Waals surface area contributed by atoms with E-state index in [0.29, 0.717) is 6.54 Å². The molecule has 3 aromatic rings. The standard InChI is InChI=1S/C20H14N4/c21-12-17(13-22)11-19-15-24(14-16-7-3-1-4-8-16)23-20(19)18-9-5-2-6-10-18/h1-11,15H,14H2. The molecule has 114 valence electrons. The molecule has 4 heteroatoms. The van der Waals surface area contributed by atoms with E-state index in [1.807, 2.05) is 83.7 Å². The smallest absolute Gasteiger partial charge is 0.130 e. The molecule has 0 aliphatic carbocycles. The molecule has 0 bridgehead atoms. The van der Waals surface area contributed by atoms with E-state index in [2.05, 4.69) is 5.10 Å². The second-order valence-corrected chi connectivity index (χ2v) is 5.26. The van der Waals surface area contributed by atoms with Crippen molar-refractivity contribution in [3.8, 4) is 23.4 Å². The van der Waals surface area contributed by atoms with Gasteiger partial charge >= 0.3 is 0 Å². The molecule has 0 atom stereocenters. The first-order chi connectivity index (χ1) is 11.8. The molecule has 0 aliphatic heterocycles. The van der Waals surface area contributed by atoms with Crippen LogP contribution in [0.5, 0.6) is 0 Å². The molecule has 0 saturated heterocycles. The highest BCUT2D eigenvalue weighted by atomic mass is 15.3. The van der Waals surface area contributed by atoms with Gasteiger partial charge in [-0.1, -0.05) is 60.7 Å². The average molecular weight is 310 g/mol. The van der Waals surface area contributed by atoms with Gasteiger partial charge in [-0.25, -0.2) is 0 Å². The van der Waals surface area contributed by atoms with Gasteiger partial charge in [-0.05, 0) is 11.6 Å². The van der Waals surface area contributed by atoms with Crippen LogP contribution in [0.2, 0.25) is 0 Å². The molecule has 4 nitrogen and oxygen atoms in total. The predicted octanol–water partition coefficient (Wildman–Crippen LogP) is 4.03. The fourth-order valence-electron chi connectivity index (χ4n) is 2.46. The number of aromatic nitrogens is 2. The zero-order valence-corrected chi connectivity index (χ0v) is 12.9. The molecule has 0 fully saturated rings. The normalized spacial score (nSPS) is 9.75. The topological polar surface area (TPSA) is 65.4 Å². The summed E-state index contributed by atoms with van der Waals surface area (Å²) in [6, 6.07) is 23.6. The fourth-order valence-corrected chi connectivity index (χ4v) is 2.46. The van der Waals surface area contributed by atoms with Crippen molar-refractivity contribution in [1.82, 2.24) is 9.78 Å². The third-order valence-electron chi connectivity index (χ3n) is 3.57. The monoisotopic (exact) mass is 310 g/mol. The Balaban J connectivity index is 2.05. The van der Waals surface area contributed by atoms with Crippen LogP contribution >= 0.6 is 0 Å². The summed E-state index contributed by atoms with van der Waals surface area (Å²) >= 11 is 0. The number of allylic oxidation sites excluding steroid dienone is 1. The van der Waals surface area contributed by atoms with Crippen molar-refractivity contribution in [2.75, 3.05) is 0 Å². The Kier molecular flexibility index (Phi) is 4.51. The van der Waals surface area contributed by atoms with Gasteiger partial charge in [-0.3, -0.25) is 4.68 Å². The van der Waals surface area contributed by atoms with E-state index >= 15 is 0 Å². The Labute approximate surface area is 140 Å². The maximum atomic E-state index is 9.02. The molecule has 1 heterocycles. The summed E-state index contributed by atoms with van der Waals surface area (Å²) in [5.74, 6) is 0. The van der Waals surface area contributed by atoms with E-state index < -0.39 is 0 Å². The van der Waals surface area contributed by atoms with Crippen LogP contribution in [0.3, 0.4) is 0 Å². The summed E-state index contributed by atoms with van der Waals surface area (Å²) in [6.45, 7) is 0.628. The lowest BCUT2D eigenvalue weighted by molar-refractivity contribution is 0.689. The second kappa shape index (κ2) is 7.09. The molecule has 0 radical (unpaired) electrons. The van der Waals surface area contributed by atoms with Gasteiger partial charge in [-0.15, -0.1) is 0 Å². The van der Waals surface area contributed by atoms with E-state index in [9.17, 15) is 0 Å². The fraction of sp³-hybridized carbons (Fsp3) is 0.0500. The maximum absolute atomic E-state index is 9.02. The van der Waals surface area contributed by atoms with Crippen molar-refractivity contribution in [3.63, 3.8) is 0 Å². The molecule has 0 spiro atoms. The third kappa shape index (κ3) is 3.40. The van der Waals surface area contributed by atoms with Crippen LogP contribution in [0.15, 0.2) is 72.4 Å². The van der Waals surface area contributed by atoms with Gasteiger partial charge in [0.25, 0.3) is 0 Å². The molecule has 24 heavy (non-hydrogen) atoms. The van der Waals surface area contributed by atoms with E-state index in [1.165, 1.54) is 0 Å². The Morgan fingerprint density at radius 1 is 0.958 bits per heavy atom. The van der Waals surface area contributed by atoms with Gasteiger partial charge < -0.3 is 0 Å². The van der Waals surface area contributed by atoms with Crippen LogP contribution in [-0.4, -0.2) is 9.78 Å². The maximum Gasteiger partial charge on any atom is 0.130 e. The molecule has 2 aromatic carbocycles. The first kappa shape index (κ1) is 15.3. The molecule has 0 N–H and O–H groups in total. The summed E-state index contributed by atoms with van der Waals surface area (Å²) in [5.41, 5.74) is 3.66. The van der Waals surface area contributed by atoms with Gasteiger partial charge in [0.05, 0.1) is 12.2 Å². The van der Waals surface area contributed by atoms with Gasteiger partial charge in [0.2, 0.25) is 0 Å². The first-order valence-electron chi connectivity index (χ1n) is 7.49. The van der Waals surface area contributed by atoms with E-state index in [-0.39, 0.29) is 5.57 Å². The summed E-state index contributed by atoms with van der Waals surface area (Å²) in [6.07, 6.45) is 3.45. The first-order valence-corrected chi connectivity index (χ1v) is 7.49. The van der Waals surface area contributed by atoms with Crippen molar-refractivity contribution in [3.05, 3.63) is 83.6 Å². The Hall–Kier alpha value is -3.63. The van der Waals surface area contributed by atoms with Gasteiger partial charge in [0, 0.05) is 17.3 Å². The molecular formula is C20H14N4. The quantitative estimate of drug-likeness (QED) is 0.683. The minimum absolute atomic E-state index is 0.0615. The Bertz CT molecular complexity index is 923. The van der Waals surface area contributed by atoms with Gasteiger partial charge in [0.15, 0.2) is 0 Å². The number of hydrogen-bond donors (Lipinski definition) is 0. The molecular weight excluding hydrogens is 296 g/mol. The van der Waals surface area contributed by atoms with Crippen LogP contribution in [0.1, 0.15) is 11.1 Å². The summed E-state index contributed by atoms with van der Waals surface area (Å²) in [5, 5.41) is 22.7. The molecule has 0 aliphatic rings. The number of rotatable bonds is 4. The molecule has 0 unspecified atom stereocenters. The van der Waals surface area contributed by atoms with Gasteiger partial charge in [-0.2, -0.15) is 15.6 Å². The lowest BCUT2D eigenvalue weighted by Crippen LogP contribution is -1.99. The largest absolute Gasteiger partial charge is 0.267 e. The number of benzene rings is 2. The zero-order chi connectivity index (χ0) is 16.8. The Morgan fingerprint density at radius 3 is 2.21 bits per heavy atom. The van der Waals surface area contributed by atoms with Crippen molar-refractivity contribution >= 4 is 6.08 Å². The highest BCUT2D eigenvalue weighted by Crippen LogP contribution is 2.24. The second-order valence-electron chi connectivity index (χ2n) is 5.26. The van der Waals surface area contributed by atoms with Gasteiger partial charge in [0.1, 0.15) is 17.7 Å².